The first-order valence-corrected chi connectivity index (χ1v) is 24.9. The van der Waals surface area contributed by atoms with Crippen LogP contribution < -0.4 is 0 Å². The van der Waals surface area contributed by atoms with Crippen LogP contribution in [0.5, 0.6) is 0 Å². The first kappa shape index (κ1) is 40.9. The van der Waals surface area contributed by atoms with Crippen LogP contribution in [0.1, 0.15) is 0 Å². The van der Waals surface area contributed by atoms with Crippen molar-refractivity contribution in [2.75, 3.05) is 0 Å². The summed E-state index contributed by atoms with van der Waals surface area (Å²) in [6.07, 6.45) is 0. The number of benzene rings is 12. The Labute approximate surface area is 414 Å². The van der Waals surface area contributed by atoms with Crippen molar-refractivity contribution < 1.29 is 0 Å². The molecule has 330 valence electrons. The SMILES string of the molecule is c1ccc(-c2cc(-c3ccccc3)cc(-c3nc(-c4cc(-c5ccccc5)cc(-c5ccccc5)c4)nc(-c4cc5sc6cc7c8ccccc8c8ccccc8c7cc6c5c5ccccc45)n3)c2)cc1. The van der Waals surface area contributed by atoms with E-state index in [1.54, 1.807) is 0 Å². The largest absolute Gasteiger partial charge is 0.208 e. The molecule has 0 N–H and O–H groups in total. The van der Waals surface area contributed by atoms with Gasteiger partial charge in [-0.25, -0.2) is 15.0 Å². The summed E-state index contributed by atoms with van der Waals surface area (Å²) in [5.41, 5.74) is 11.7. The van der Waals surface area contributed by atoms with Gasteiger partial charge in [-0.2, -0.15) is 0 Å². The molecule has 4 heteroatoms. The van der Waals surface area contributed by atoms with Crippen molar-refractivity contribution in [3.8, 4) is 78.7 Å². The molecular weight excluding hydrogens is 879 g/mol. The zero-order valence-corrected chi connectivity index (χ0v) is 39.2. The molecule has 2 heterocycles. The third kappa shape index (κ3) is 7.15. The summed E-state index contributed by atoms with van der Waals surface area (Å²) in [5.74, 6) is 1.84. The van der Waals surface area contributed by atoms with Crippen molar-refractivity contribution >= 4 is 74.6 Å². The first-order valence-electron chi connectivity index (χ1n) is 24.1. The summed E-state index contributed by atoms with van der Waals surface area (Å²) in [6, 6.07) is 89.4. The Kier molecular flexibility index (Phi) is 9.71. The second kappa shape index (κ2) is 16.8. The highest BCUT2D eigenvalue weighted by Gasteiger charge is 2.21. The normalized spacial score (nSPS) is 11.7. The molecule has 0 saturated heterocycles. The molecule has 0 aliphatic rings. The highest BCUT2D eigenvalue weighted by atomic mass is 32.1. The Bertz CT molecular complexity index is 4120. The number of rotatable bonds is 7. The van der Waals surface area contributed by atoms with E-state index in [0.29, 0.717) is 17.5 Å². The van der Waals surface area contributed by atoms with Gasteiger partial charge in [0.25, 0.3) is 0 Å². The fourth-order valence-electron chi connectivity index (χ4n) is 10.7. The van der Waals surface area contributed by atoms with Crippen LogP contribution in [0.3, 0.4) is 0 Å². The Hall–Kier alpha value is -9.09. The van der Waals surface area contributed by atoms with E-state index in [4.69, 9.17) is 15.0 Å². The molecule has 0 bridgehead atoms. The van der Waals surface area contributed by atoms with Gasteiger partial charge in [-0.05, 0) is 142 Å². The number of hydrogen-bond donors (Lipinski definition) is 0. The second-order valence-corrected chi connectivity index (χ2v) is 19.4. The molecule has 0 fully saturated rings. The highest BCUT2D eigenvalue weighted by Crippen LogP contribution is 2.46. The minimum absolute atomic E-state index is 0.608. The molecule has 0 aliphatic heterocycles. The molecule has 0 aliphatic carbocycles. The molecule has 0 atom stereocenters. The van der Waals surface area contributed by atoms with Crippen LogP contribution in [0.2, 0.25) is 0 Å². The van der Waals surface area contributed by atoms with Crippen molar-refractivity contribution in [3.05, 3.63) is 249 Å². The van der Waals surface area contributed by atoms with Crippen molar-refractivity contribution in [1.29, 1.82) is 0 Å². The average molecular weight is 920 g/mol. The standard InChI is InChI=1S/C67H41N3S/c1-5-19-42(20-6-1)46-33-47(43-21-7-2-8-22-43)36-50(35-46)65-68-66(51-37-48(44-23-9-3-10-24-44)34-49(38-51)45-25-11-4-12-26-45)70-67(69-65)60-41-63-64(57-32-18-17-31-56(57)60)61-39-58-54-29-15-13-27-52(54)53-28-14-16-30-55(53)59(58)40-62(61)71-63/h1-41H. The van der Waals surface area contributed by atoms with E-state index in [-0.39, 0.29) is 0 Å². The minimum atomic E-state index is 0.608. The molecule has 14 rings (SSSR count). The van der Waals surface area contributed by atoms with Crippen LogP contribution >= 0.6 is 11.3 Å². The fourth-order valence-corrected chi connectivity index (χ4v) is 11.9. The summed E-state index contributed by atoms with van der Waals surface area (Å²) in [7, 11) is 0. The van der Waals surface area contributed by atoms with Gasteiger partial charge in [0.15, 0.2) is 17.5 Å². The monoisotopic (exact) mass is 919 g/mol. The third-order valence-electron chi connectivity index (χ3n) is 14.0. The quantitative estimate of drug-likeness (QED) is 0.150. The van der Waals surface area contributed by atoms with E-state index in [1.165, 1.54) is 57.9 Å². The van der Waals surface area contributed by atoms with Crippen LogP contribution in [0, 0.1) is 0 Å². The summed E-state index contributed by atoms with van der Waals surface area (Å²) < 4.78 is 2.45. The van der Waals surface area contributed by atoms with Crippen molar-refractivity contribution in [3.63, 3.8) is 0 Å². The lowest BCUT2D eigenvalue weighted by Gasteiger charge is -2.15. The first-order chi connectivity index (χ1) is 35.2. The van der Waals surface area contributed by atoms with Crippen LogP contribution in [-0.4, -0.2) is 15.0 Å². The van der Waals surface area contributed by atoms with E-state index < -0.39 is 0 Å². The van der Waals surface area contributed by atoms with Crippen molar-refractivity contribution in [2.45, 2.75) is 0 Å². The van der Waals surface area contributed by atoms with Gasteiger partial charge in [-0.3, -0.25) is 0 Å². The maximum Gasteiger partial charge on any atom is 0.164 e. The van der Waals surface area contributed by atoms with Gasteiger partial charge in [-0.1, -0.05) is 194 Å². The Balaban J connectivity index is 1.05. The van der Waals surface area contributed by atoms with Crippen LogP contribution in [0.4, 0.5) is 0 Å². The number of hydrogen-bond acceptors (Lipinski definition) is 4. The van der Waals surface area contributed by atoms with Crippen molar-refractivity contribution in [1.82, 2.24) is 15.0 Å². The fraction of sp³-hybridized carbons (Fsp3) is 0. The van der Waals surface area contributed by atoms with Crippen molar-refractivity contribution in [2.24, 2.45) is 0 Å². The minimum Gasteiger partial charge on any atom is -0.208 e. The number of thiophene rings is 1. The van der Waals surface area contributed by atoms with Gasteiger partial charge in [0.05, 0.1) is 0 Å². The molecule has 0 spiro atoms. The zero-order valence-electron chi connectivity index (χ0n) is 38.4. The molecular formula is C67H41N3S. The predicted molar refractivity (Wildman–Crippen MR) is 301 cm³/mol. The summed E-state index contributed by atoms with van der Waals surface area (Å²) in [5, 5.41) is 12.4. The maximum absolute atomic E-state index is 5.54. The molecule has 12 aromatic carbocycles. The van der Waals surface area contributed by atoms with Gasteiger partial charge in [0.1, 0.15) is 0 Å². The summed E-state index contributed by atoms with van der Waals surface area (Å²) in [6.45, 7) is 0. The summed E-state index contributed by atoms with van der Waals surface area (Å²) >= 11 is 1.84. The lowest BCUT2D eigenvalue weighted by Crippen LogP contribution is -2.01. The van der Waals surface area contributed by atoms with E-state index in [9.17, 15) is 0 Å². The van der Waals surface area contributed by atoms with Gasteiger partial charge in [0.2, 0.25) is 0 Å². The second-order valence-electron chi connectivity index (χ2n) is 18.3. The molecule has 71 heavy (non-hydrogen) atoms. The zero-order chi connectivity index (χ0) is 46.8. The van der Waals surface area contributed by atoms with Gasteiger partial charge in [0, 0.05) is 36.9 Å². The van der Waals surface area contributed by atoms with Gasteiger partial charge in [-0.15, -0.1) is 11.3 Å². The highest BCUT2D eigenvalue weighted by molar-refractivity contribution is 7.26. The predicted octanol–water partition coefficient (Wildman–Crippen LogP) is 18.5. The number of nitrogens with zero attached hydrogens (tertiary/aromatic N) is 3. The van der Waals surface area contributed by atoms with E-state index in [0.717, 1.165) is 66.6 Å². The van der Waals surface area contributed by atoms with Crippen LogP contribution in [0.25, 0.3) is 142 Å². The van der Waals surface area contributed by atoms with E-state index in [2.05, 4.69) is 249 Å². The smallest absolute Gasteiger partial charge is 0.164 e. The molecule has 0 saturated carbocycles. The lowest BCUT2D eigenvalue weighted by molar-refractivity contribution is 1.08. The molecule has 0 amide bonds. The number of fused-ring (bicyclic) bond motifs is 11. The molecule has 3 nitrogen and oxygen atoms in total. The Morgan fingerprint density at radius 3 is 0.986 bits per heavy atom. The van der Waals surface area contributed by atoms with Gasteiger partial charge < -0.3 is 0 Å². The molecule has 0 radical (unpaired) electrons. The Morgan fingerprint density at radius 1 is 0.211 bits per heavy atom. The van der Waals surface area contributed by atoms with E-state index >= 15 is 0 Å². The average Bonchev–Trinajstić information content (AvgIpc) is 3.83. The molecule has 14 aromatic rings. The Morgan fingerprint density at radius 2 is 0.549 bits per heavy atom. The number of aromatic nitrogens is 3. The van der Waals surface area contributed by atoms with Crippen LogP contribution in [-0.2, 0) is 0 Å². The topological polar surface area (TPSA) is 38.7 Å². The summed E-state index contributed by atoms with van der Waals surface area (Å²) in [4.78, 5) is 16.6. The third-order valence-corrected chi connectivity index (χ3v) is 15.1. The van der Waals surface area contributed by atoms with Gasteiger partial charge >= 0.3 is 0 Å². The lowest BCUT2D eigenvalue weighted by atomic mass is 9.92. The van der Waals surface area contributed by atoms with E-state index in [1.807, 2.05) is 11.3 Å². The maximum atomic E-state index is 5.54. The molecule has 2 aromatic heterocycles. The van der Waals surface area contributed by atoms with Crippen LogP contribution in [0.15, 0.2) is 249 Å². The molecule has 0 unspecified atom stereocenters.